The van der Waals surface area contributed by atoms with Gasteiger partial charge in [-0.3, -0.25) is 9.78 Å². The van der Waals surface area contributed by atoms with Crippen molar-refractivity contribution in [3.05, 3.63) is 48.3 Å². The first-order valence-corrected chi connectivity index (χ1v) is 9.47. The van der Waals surface area contributed by atoms with Crippen LogP contribution in [0, 0.1) is 0 Å². The second-order valence-corrected chi connectivity index (χ2v) is 6.50. The maximum atomic E-state index is 11.5. The van der Waals surface area contributed by atoms with Crippen molar-refractivity contribution >= 4 is 16.9 Å². The van der Waals surface area contributed by atoms with Gasteiger partial charge in [0, 0.05) is 35.3 Å². The van der Waals surface area contributed by atoms with Crippen molar-refractivity contribution < 1.29 is 14.3 Å². The number of hydrogen-bond donors (Lipinski definition) is 1. The van der Waals surface area contributed by atoms with Crippen LogP contribution in [0.3, 0.4) is 0 Å². The third kappa shape index (κ3) is 4.67. The van der Waals surface area contributed by atoms with Crippen molar-refractivity contribution in [1.82, 2.24) is 9.97 Å². The number of nitrogens with zero attached hydrogens (tertiary/aromatic N) is 1. The van der Waals surface area contributed by atoms with Crippen LogP contribution in [-0.4, -0.2) is 29.7 Å². The van der Waals surface area contributed by atoms with E-state index in [9.17, 15) is 4.79 Å². The van der Waals surface area contributed by atoms with Crippen LogP contribution in [0.5, 0.6) is 5.75 Å². The van der Waals surface area contributed by atoms with Crippen LogP contribution in [0.1, 0.15) is 38.2 Å². The predicted octanol–water partition coefficient (Wildman–Crippen LogP) is 4.90. The van der Waals surface area contributed by atoms with E-state index in [1.54, 1.807) is 13.3 Å². The Morgan fingerprint density at radius 1 is 1.19 bits per heavy atom. The van der Waals surface area contributed by atoms with Gasteiger partial charge >= 0.3 is 5.97 Å². The molecule has 0 aliphatic carbocycles. The van der Waals surface area contributed by atoms with Crippen LogP contribution in [0.15, 0.2) is 42.7 Å². The highest BCUT2D eigenvalue weighted by Gasteiger charge is 2.14. The fraction of sp³-hybridized carbons (Fsp3) is 0.364. The molecule has 5 nitrogen and oxygen atoms in total. The highest BCUT2D eigenvalue weighted by Crippen LogP contribution is 2.33. The number of aromatic nitrogens is 2. The zero-order valence-electron chi connectivity index (χ0n) is 16.0. The number of unbranched alkanes of at least 4 members (excludes halogenated alkanes) is 2. The van der Waals surface area contributed by atoms with Gasteiger partial charge in [0.05, 0.1) is 19.4 Å². The minimum atomic E-state index is -0.106. The zero-order valence-corrected chi connectivity index (χ0v) is 16.0. The number of esters is 1. The van der Waals surface area contributed by atoms with Crippen molar-refractivity contribution in [3.8, 4) is 17.0 Å². The van der Waals surface area contributed by atoms with Crippen LogP contribution in [0.25, 0.3) is 22.2 Å². The minimum absolute atomic E-state index is 0.106. The van der Waals surface area contributed by atoms with Gasteiger partial charge in [-0.15, -0.1) is 0 Å². The summed E-state index contributed by atoms with van der Waals surface area (Å²) in [5, 5.41) is 1.18. The molecule has 3 aromatic rings. The van der Waals surface area contributed by atoms with E-state index in [0.29, 0.717) is 13.0 Å². The number of nitrogens with one attached hydrogen (secondary N) is 1. The van der Waals surface area contributed by atoms with E-state index >= 15 is 0 Å². The Morgan fingerprint density at radius 3 is 2.81 bits per heavy atom. The van der Waals surface area contributed by atoms with E-state index in [1.807, 2.05) is 25.3 Å². The predicted molar refractivity (Wildman–Crippen MR) is 107 cm³/mol. The van der Waals surface area contributed by atoms with Gasteiger partial charge in [0.2, 0.25) is 0 Å². The van der Waals surface area contributed by atoms with E-state index in [-0.39, 0.29) is 5.97 Å². The molecule has 1 N–H and O–H groups in total. The Hall–Kier alpha value is -2.82. The molecule has 5 heteroatoms. The monoisotopic (exact) mass is 366 g/mol. The fourth-order valence-electron chi connectivity index (χ4n) is 3.35. The van der Waals surface area contributed by atoms with Crippen LogP contribution in [0.4, 0.5) is 0 Å². The van der Waals surface area contributed by atoms with Crippen molar-refractivity contribution in [2.75, 3.05) is 13.7 Å². The molecule has 0 saturated carbocycles. The van der Waals surface area contributed by atoms with E-state index in [2.05, 4.69) is 28.2 Å². The number of aromatic amines is 1. The van der Waals surface area contributed by atoms with Crippen molar-refractivity contribution in [2.45, 2.75) is 39.0 Å². The normalized spacial score (nSPS) is 10.9. The van der Waals surface area contributed by atoms with Crippen LogP contribution < -0.4 is 4.74 Å². The van der Waals surface area contributed by atoms with Crippen molar-refractivity contribution in [3.63, 3.8) is 0 Å². The molecule has 0 spiro atoms. The summed E-state index contributed by atoms with van der Waals surface area (Å²) >= 11 is 0. The second-order valence-electron chi connectivity index (χ2n) is 6.50. The quantitative estimate of drug-likeness (QED) is 0.432. The van der Waals surface area contributed by atoms with Crippen molar-refractivity contribution in [2.24, 2.45) is 0 Å². The van der Waals surface area contributed by atoms with Gasteiger partial charge in [0.1, 0.15) is 5.75 Å². The topological polar surface area (TPSA) is 64.2 Å². The number of aryl methyl sites for hydroxylation is 1. The second kappa shape index (κ2) is 9.21. The first-order chi connectivity index (χ1) is 13.2. The summed E-state index contributed by atoms with van der Waals surface area (Å²) in [7, 11) is 1.69. The molecule has 0 unspecified atom stereocenters. The number of carbonyl (C=O) groups is 1. The molecule has 142 valence electrons. The highest BCUT2D eigenvalue weighted by molar-refractivity contribution is 5.91. The molecular weight excluding hydrogens is 340 g/mol. The molecule has 0 fully saturated rings. The first kappa shape index (κ1) is 19.0. The van der Waals surface area contributed by atoms with Gasteiger partial charge in [0.25, 0.3) is 0 Å². The number of hydrogen-bond acceptors (Lipinski definition) is 4. The Kier molecular flexibility index (Phi) is 6.47. The maximum absolute atomic E-state index is 11.5. The number of pyridine rings is 1. The summed E-state index contributed by atoms with van der Waals surface area (Å²) < 4.78 is 10.4. The number of benzene rings is 1. The summed E-state index contributed by atoms with van der Waals surface area (Å²) in [4.78, 5) is 19.3. The Bertz CT molecular complexity index is 887. The molecule has 0 atom stereocenters. The SMILES string of the molecule is CCOC(=O)CCCCCc1c(-c2cccnc2)[nH]c2ccc(OC)cc12. The average Bonchev–Trinajstić information content (AvgIpc) is 3.06. The smallest absolute Gasteiger partial charge is 0.305 e. The third-order valence-corrected chi connectivity index (χ3v) is 4.68. The number of ether oxygens (including phenoxy) is 2. The van der Waals surface area contributed by atoms with E-state index < -0.39 is 0 Å². The van der Waals surface area contributed by atoms with Gasteiger partial charge in [-0.25, -0.2) is 0 Å². The summed E-state index contributed by atoms with van der Waals surface area (Å²) in [6.45, 7) is 2.29. The first-order valence-electron chi connectivity index (χ1n) is 9.47. The summed E-state index contributed by atoms with van der Waals surface area (Å²) in [6, 6.07) is 10.1. The Labute approximate surface area is 159 Å². The number of methoxy groups -OCH3 is 1. The summed E-state index contributed by atoms with van der Waals surface area (Å²) in [5.74, 6) is 0.744. The van der Waals surface area contributed by atoms with Crippen LogP contribution in [0.2, 0.25) is 0 Å². The zero-order chi connectivity index (χ0) is 19.1. The fourth-order valence-corrected chi connectivity index (χ4v) is 3.35. The van der Waals surface area contributed by atoms with Gasteiger partial charge in [-0.1, -0.05) is 6.42 Å². The average molecular weight is 366 g/mol. The molecule has 0 aliphatic rings. The number of H-pyrrole nitrogens is 1. The van der Waals surface area contributed by atoms with Gasteiger partial charge in [-0.05, 0) is 62.1 Å². The number of carbonyl (C=O) groups excluding carboxylic acids is 1. The maximum Gasteiger partial charge on any atom is 0.305 e. The Balaban J connectivity index is 1.78. The third-order valence-electron chi connectivity index (χ3n) is 4.68. The molecule has 2 aromatic heterocycles. The van der Waals surface area contributed by atoms with Crippen molar-refractivity contribution in [1.29, 1.82) is 0 Å². The lowest BCUT2D eigenvalue weighted by atomic mass is 10.00. The molecule has 0 amide bonds. The van der Waals surface area contributed by atoms with Gasteiger partial charge < -0.3 is 14.5 Å². The molecule has 0 saturated heterocycles. The number of fused-ring (bicyclic) bond motifs is 1. The minimum Gasteiger partial charge on any atom is -0.497 e. The van der Waals surface area contributed by atoms with Gasteiger partial charge in [-0.2, -0.15) is 0 Å². The molecule has 0 aliphatic heterocycles. The van der Waals surface area contributed by atoms with E-state index in [4.69, 9.17) is 9.47 Å². The molecule has 1 aromatic carbocycles. The standard InChI is InChI=1S/C22H26N2O3/c1-3-27-21(25)10-6-4-5-9-18-19-14-17(26-2)11-12-20(19)24-22(18)16-8-7-13-23-15-16/h7-8,11-15,24H,3-6,9-10H2,1-2H3. The molecule has 2 heterocycles. The van der Waals surface area contributed by atoms with Crippen LogP contribution >= 0.6 is 0 Å². The van der Waals surface area contributed by atoms with Gasteiger partial charge in [0.15, 0.2) is 0 Å². The molecule has 3 rings (SSSR count). The molecule has 27 heavy (non-hydrogen) atoms. The Morgan fingerprint density at radius 2 is 2.07 bits per heavy atom. The molecule has 0 radical (unpaired) electrons. The lowest BCUT2D eigenvalue weighted by Gasteiger charge is -2.06. The summed E-state index contributed by atoms with van der Waals surface area (Å²) in [5.41, 5.74) is 4.55. The van der Waals surface area contributed by atoms with E-state index in [1.165, 1.54) is 10.9 Å². The van der Waals surface area contributed by atoms with Crippen LogP contribution in [-0.2, 0) is 16.0 Å². The molecular formula is C22H26N2O3. The molecule has 0 bridgehead atoms. The largest absolute Gasteiger partial charge is 0.497 e. The lowest BCUT2D eigenvalue weighted by Crippen LogP contribution is -2.03. The van der Waals surface area contributed by atoms with E-state index in [0.717, 1.165) is 48.2 Å². The number of rotatable bonds is 9. The highest BCUT2D eigenvalue weighted by atomic mass is 16.5. The lowest BCUT2D eigenvalue weighted by molar-refractivity contribution is -0.143. The summed E-state index contributed by atoms with van der Waals surface area (Å²) in [6.07, 6.45) is 7.94.